The maximum Gasteiger partial charge on any atom is 2.00 e. The molecule has 2 rings (SSSR count). The maximum absolute atomic E-state index is 9.00. The largest absolute Gasteiger partial charge is 2.00 e. The number of nitrogens with zero attached hydrogens (tertiary/aromatic N) is 2. The zero-order chi connectivity index (χ0) is 30.4. The van der Waals surface area contributed by atoms with E-state index in [1.54, 1.807) is 0 Å². The Labute approximate surface area is 288 Å². The molecule has 2 aromatic heterocycles. The number of hydrogen-bond acceptors (Lipinski definition) is 7. The summed E-state index contributed by atoms with van der Waals surface area (Å²) in [5.74, 6) is -2.50. The second-order valence-corrected chi connectivity index (χ2v) is 8.74. The van der Waals surface area contributed by atoms with Crippen LogP contribution < -0.4 is 4.57 Å². The Morgan fingerprint density at radius 3 is 1.22 bits per heavy atom. The van der Waals surface area contributed by atoms with Gasteiger partial charge in [0.15, 0.2) is 0 Å². The van der Waals surface area contributed by atoms with Gasteiger partial charge in [-0.25, -0.2) is 9.13 Å². The molecule has 13 nitrogen and oxygen atoms in total. The van der Waals surface area contributed by atoms with Crippen molar-refractivity contribution >= 4 is 67.4 Å². The van der Waals surface area contributed by atoms with Gasteiger partial charge in [0.2, 0.25) is 6.33 Å². The van der Waals surface area contributed by atoms with Gasteiger partial charge in [0.05, 0.1) is 13.6 Å². The second-order valence-electron chi connectivity index (χ2n) is 6.58. The summed E-state index contributed by atoms with van der Waals surface area (Å²) in [5.41, 5.74) is 0. The first kappa shape index (κ1) is 55.8. The minimum Gasteiger partial charge on any atom is -1.00 e. The Kier molecular flexibility index (Phi) is 55.8. The van der Waals surface area contributed by atoms with Crippen LogP contribution in [0.15, 0.2) is 43.2 Å². The third-order valence-corrected chi connectivity index (χ3v) is 5.54. The first-order chi connectivity index (χ1) is 17.8. The van der Waals surface area contributed by atoms with Gasteiger partial charge in [0.25, 0.3) is 17.9 Å². The number of aryl methyl sites for hydroxylation is 2. The first-order valence-corrected chi connectivity index (χ1v) is 13.6. The molecule has 0 spiro atoms. The first-order valence-electron chi connectivity index (χ1n) is 12.0. The number of imidazole rings is 1. The molecule has 0 unspecified atom stereocenters. The number of aromatic amines is 1. The molecule has 0 aliphatic rings. The topological polar surface area (TPSA) is 173 Å². The number of carboxylic acid groups (broad SMARTS) is 3. The molecule has 0 saturated heterocycles. The average molecular weight is 685 g/mol. The van der Waals surface area contributed by atoms with Gasteiger partial charge in [0, 0.05) is 96.4 Å². The summed E-state index contributed by atoms with van der Waals surface area (Å²) in [4.78, 5) is 29.9. The number of rotatable bonds is 9. The third kappa shape index (κ3) is 55.5. The summed E-state index contributed by atoms with van der Waals surface area (Å²) in [6.45, 7) is 16.2. The van der Waals surface area contributed by atoms with Crippen LogP contribution in [0, 0.1) is 0 Å². The number of carboxylic acids is 3. The van der Waals surface area contributed by atoms with E-state index in [4.69, 9.17) is 47.4 Å². The molecule has 2 aromatic rings. The van der Waals surface area contributed by atoms with Crippen molar-refractivity contribution in [2.24, 2.45) is 7.05 Å². The van der Waals surface area contributed by atoms with E-state index in [-0.39, 0.29) is 62.7 Å². The SMILES string of the molecule is CC(=O)O.CC(=O)O.CC(=O)O.CCO[Si](OCC)(OCC)OCC.CCn1cc[n+](C)c1.[Al].[H-].[H-].[Mg+2].[Zn].c1cc[nH]c1. The molecule has 231 valence electrons. The van der Waals surface area contributed by atoms with E-state index in [0.29, 0.717) is 26.4 Å². The predicted molar refractivity (Wildman–Crippen MR) is 158 cm³/mol. The van der Waals surface area contributed by atoms with Crippen LogP contribution in [0.3, 0.4) is 0 Å². The van der Waals surface area contributed by atoms with Crippen molar-refractivity contribution in [3.8, 4) is 0 Å². The van der Waals surface area contributed by atoms with E-state index in [1.807, 2.05) is 70.0 Å². The van der Waals surface area contributed by atoms with Crippen molar-refractivity contribution in [2.75, 3.05) is 26.4 Å². The zero-order valence-electron chi connectivity index (χ0n) is 28.2. The average Bonchev–Trinajstić information content (AvgIpc) is 3.49. The summed E-state index contributed by atoms with van der Waals surface area (Å²) in [5, 5.41) is 22.2. The van der Waals surface area contributed by atoms with Crippen LogP contribution in [0.25, 0.3) is 0 Å². The Bertz CT molecular complexity index is 731. The van der Waals surface area contributed by atoms with Gasteiger partial charge in [-0.05, 0) is 46.8 Å². The molecule has 4 N–H and O–H groups in total. The maximum atomic E-state index is 9.00. The molecule has 0 aliphatic heterocycles. The number of nitrogens with one attached hydrogen (secondary N) is 1. The van der Waals surface area contributed by atoms with E-state index in [0.717, 1.165) is 27.3 Å². The summed E-state index contributed by atoms with van der Waals surface area (Å²) < 4.78 is 25.8. The fourth-order valence-corrected chi connectivity index (χ4v) is 3.84. The molecule has 2 heterocycles. The molecule has 0 aliphatic carbocycles. The fourth-order valence-electron chi connectivity index (χ4n) is 1.92. The van der Waals surface area contributed by atoms with E-state index in [9.17, 15) is 0 Å². The summed E-state index contributed by atoms with van der Waals surface area (Å²) in [6.07, 6.45) is 9.89. The van der Waals surface area contributed by atoms with Crippen LogP contribution in [-0.4, -0.2) is 119 Å². The van der Waals surface area contributed by atoms with Crippen LogP contribution >= 0.6 is 0 Å². The van der Waals surface area contributed by atoms with Crippen molar-refractivity contribution in [1.29, 1.82) is 0 Å². The molecule has 17 heteroatoms. The quantitative estimate of drug-likeness (QED) is 0.227. The van der Waals surface area contributed by atoms with Gasteiger partial charge in [-0.3, -0.25) is 14.4 Å². The summed E-state index contributed by atoms with van der Waals surface area (Å²) in [6, 6.07) is 3.89. The minimum absolute atomic E-state index is 0. The van der Waals surface area contributed by atoms with Gasteiger partial charge in [-0.15, -0.1) is 0 Å². The summed E-state index contributed by atoms with van der Waals surface area (Å²) in [7, 11) is -0.776. The monoisotopic (exact) mass is 683 g/mol. The Hall–Kier alpha value is -1.12. The van der Waals surface area contributed by atoms with Gasteiger partial charge in [-0.2, -0.15) is 0 Å². The number of aliphatic carboxylic acids is 3. The second kappa shape index (κ2) is 41.0. The van der Waals surface area contributed by atoms with Crippen molar-refractivity contribution < 1.29 is 74.3 Å². The molecule has 0 amide bonds. The number of H-pyrrole nitrogens is 1. The van der Waals surface area contributed by atoms with Gasteiger partial charge in [-0.1, -0.05) is 0 Å². The molecule has 0 saturated carbocycles. The number of hydrogen-bond donors (Lipinski definition) is 4. The summed E-state index contributed by atoms with van der Waals surface area (Å²) >= 11 is 0. The molecule has 0 aromatic carbocycles. The van der Waals surface area contributed by atoms with Gasteiger partial charge < -0.3 is 40.9 Å². The zero-order valence-corrected chi connectivity index (χ0v) is 32.7. The molecular weight excluding hydrogens is 635 g/mol. The Balaban J connectivity index is -0.0000000481. The van der Waals surface area contributed by atoms with E-state index in [2.05, 4.69) is 29.0 Å². The van der Waals surface area contributed by atoms with Crippen molar-refractivity contribution in [3.05, 3.63) is 43.2 Å². The molecule has 41 heavy (non-hydrogen) atoms. The van der Waals surface area contributed by atoms with E-state index < -0.39 is 27.0 Å². The van der Waals surface area contributed by atoms with Crippen molar-refractivity contribution in [3.63, 3.8) is 0 Å². The smallest absolute Gasteiger partial charge is 1.00 e. The molecule has 0 bridgehead atoms. The van der Waals surface area contributed by atoms with Crippen molar-refractivity contribution in [2.45, 2.75) is 61.9 Å². The van der Waals surface area contributed by atoms with Gasteiger partial charge in [0.1, 0.15) is 12.4 Å². The minimum atomic E-state index is -2.80. The molecule has 0 fully saturated rings. The van der Waals surface area contributed by atoms with E-state index in [1.165, 1.54) is 0 Å². The van der Waals surface area contributed by atoms with Gasteiger partial charge >= 0.3 is 32.1 Å². The van der Waals surface area contributed by atoms with Crippen LogP contribution in [-0.2, 0) is 65.2 Å². The Morgan fingerprint density at radius 2 is 1.10 bits per heavy atom. The van der Waals surface area contributed by atoms with Crippen LogP contribution in [0.5, 0.6) is 0 Å². The standard InChI is InChI=1S/C8H20O4Si.C6H11N2.C4H5N.3C2H4O2.Al.Mg.Zn.2H/c1-5-9-13(10-6-2,11-7-3)12-8-4;1-3-8-5-4-7(2)6-8;1-2-4-5-3-1;3*1-2(3)4;;;;;/h5-8H2,1-4H3;4-6H,3H2,1-2H3;1-5H;3*1H3,(H,3,4);;;;;/q;+1;;;;;;+2;;2*-1. The van der Waals surface area contributed by atoms with Crippen molar-refractivity contribution in [1.82, 2.24) is 9.55 Å². The third-order valence-electron chi connectivity index (χ3n) is 2.97. The molecular formula is C24H50AlMgN3O10SiZn+. The Morgan fingerprint density at radius 1 is 0.805 bits per heavy atom. The molecule has 3 radical (unpaired) electrons. The number of aromatic nitrogens is 3. The van der Waals surface area contributed by atoms with Crippen LogP contribution in [0.4, 0.5) is 0 Å². The fraction of sp³-hybridized carbons (Fsp3) is 0.583. The van der Waals surface area contributed by atoms with Crippen LogP contribution in [0.2, 0.25) is 0 Å². The molecule has 0 atom stereocenters. The number of carbonyl (C=O) groups is 3. The predicted octanol–water partition coefficient (Wildman–Crippen LogP) is 2.65. The van der Waals surface area contributed by atoms with Crippen LogP contribution in [0.1, 0.15) is 58.2 Å². The van der Waals surface area contributed by atoms with E-state index >= 15 is 0 Å². The normalized spacial score (nSPS) is 8.51.